The average molecular weight is 295 g/mol. The highest BCUT2D eigenvalue weighted by atomic mass is 32.1. The molecule has 0 unspecified atom stereocenters. The molecule has 0 aliphatic heterocycles. The van der Waals surface area contributed by atoms with Crippen molar-refractivity contribution >= 4 is 27.9 Å². The molecule has 0 atom stereocenters. The summed E-state index contributed by atoms with van der Waals surface area (Å²) in [5.74, 6) is -0.597. The van der Waals surface area contributed by atoms with Crippen LogP contribution < -0.4 is 16.8 Å². The summed E-state index contributed by atoms with van der Waals surface area (Å²) in [5, 5.41) is 12.9. The number of thiophene rings is 1. The van der Waals surface area contributed by atoms with Crippen LogP contribution >= 0.6 is 11.3 Å². The molecule has 20 heavy (non-hydrogen) atoms. The number of nitrogen functional groups attached to an aromatic ring is 1. The van der Waals surface area contributed by atoms with Crippen molar-refractivity contribution in [1.29, 1.82) is 5.26 Å². The zero-order valence-corrected chi connectivity index (χ0v) is 12.7. The average Bonchev–Trinajstić information content (AvgIpc) is 2.75. The van der Waals surface area contributed by atoms with Crippen molar-refractivity contribution in [3.63, 3.8) is 0 Å². The van der Waals surface area contributed by atoms with Gasteiger partial charge in [0.25, 0.3) is 5.91 Å². The van der Waals surface area contributed by atoms with Crippen LogP contribution in [0.25, 0.3) is 0 Å². The van der Waals surface area contributed by atoms with Gasteiger partial charge in [-0.05, 0) is 26.1 Å². The summed E-state index contributed by atoms with van der Waals surface area (Å²) in [6.07, 6.45) is 0.955. The Morgan fingerprint density at radius 1 is 1.45 bits per heavy atom. The molecule has 1 heterocycles. The maximum absolute atomic E-state index is 11.2. The number of hydrogen-bond donors (Lipinski definition) is 3. The second-order valence-electron chi connectivity index (χ2n) is 4.33. The minimum Gasteiger partial charge on any atom is -0.396 e. The van der Waals surface area contributed by atoms with Gasteiger partial charge in [0.1, 0.15) is 21.5 Å². The minimum atomic E-state index is -0.597. The zero-order valence-electron chi connectivity index (χ0n) is 11.9. The molecule has 0 radical (unpaired) electrons. The van der Waals surface area contributed by atoms with Gasteiger partial charge in [0.15, 0.2) is 0 Å². The first-order valence-corrected chi connectivity index (χ1v) is 7.45. The van der Waals surface area contributed by atoms with Gasteiger partial charge in [0.2, 0.25) is 0 Å². The summed E-state index contributed by atoms with van der Waals surface area (Å²) >= 11 is 1.14. The van der Waals surface area contributed by atoms with E-state index < -0.39 is 5.91 Å². The van der Waals surface area contributed by atoms with Crippen LogP contribution in [0.1, 0.15) is 35.5 Å². The first-order valence-electron chi connectivity index (χ1n) is 6.63. The van der Waals surface area contributed by atoms with Crippen molar-refractivity contribution < 1.29 is 4.79 Å². The second-order valence-corrected chi connectivity index (χ2v) is 5.35. The molecule has 1 amide bonds. The predicted octanol–water partition coefficient (Wildman–Crippen LogP) is 1.44. The predicted molar refractivity (Wildman–Crippen MR) is 82.9 cm³/mol. The van der Waals surface area contributed by atoms with Gasteiger partial charge < -0.3 is 21.7 Å². The molecule has 1 aromatic heterocycles. The molecule has 0 saturated carbocycles. The highest BCUT2D eigenvalue weighted by Crippen LogP contribution is 2.34. The molecule has 0 bridgehead atoms. The molecule has 0 saturated heterocycles. The van der Waals surface area contributed by atoms with Gasteiger partial charge in [-0.15, -0.1) is 11.3 Å². The fourth-order valence-electron chi connectivity index (χ4n) is 1.91. The van der Waals surface area contributed by atoms with Crippen molar-refractivity contribution in [1.82, 2.24) is 4.90 Å². The summed E-state index contributed by atoms with van der Waals surface area (Å²) in [4.78, 5) is 13.8. The molecule has 5 N–H and O–H groups in total. The normalized spacial score (nSPS) is 10.5. The van der Waals surface area contributed by atoms with Gasteiger partial charge in [0.05, 0.1) is 5.69 Å². The third kappa shape index (κ3) is 3.85. The van der Waals surface area contributed by atoms with E-state index in [0.29, 0.717) is 10.6 Å². The first-order chi connectivity index (χ1) is 9.54. The number of nitriles is 1. The number of rotatable bonds is 8. The molecular formula is C13H21N5OS. The third-order valence-corrected chi connectivity index (χ3v) is 4.29. The van der Waals surface area contributed by atoms with E-state index in [0.717, 1.165) is 43.9 Å². The van der Waals surface area contributed by atoms with Crippen LogP contribution in [0.4, 0.5) is 10.7 Å². The van der Waals surface area contributed by atoms with Crippen LogP contribution in [0.3, 0.4) is 0 Å². The summed E-state index contributed by atoms with van der Waals surface area (Å²) < 4.78 is 0. The quantitative estimate of drug-likeness (QED) is 0.629. The number of primary amides is 1. The standard InChI is InChI=1S/C13H21N5OS/c1-3-18(4-2)7-5-6-17-13-9(8-14)10(15)11(20-13)12(16)19/h17H,3-7,15H2,1-2H3,(H2,16,19). The van der Waals surface area contributed by atoms with Gasteiger partial charge in [-0.2, -0.15) is 5.26 Å². The van der Waals surface area contributed by atoms with Gasteiger partial charge in [0, 0.05) is 6.54 Å². The van der Waals surface area contributed by atoms with E-state index in [1.165, 1.54) is 0 Å². The Hall–Kier alpha value is -1.78. The van der Waals surface area contributed by atoms with Crippen molar-refractivity contribution in [2.75, 3.05) is 37.2 Å². The monoisotopic (exact) mass is 295 g/mol. The van der Waals surface area contributed by atoms with Crippen molar-refractivity contribution in [2.45, 2.75) is 20.3 Å². The Balaban J connectivity index is 2.63. The van der Waals surface area contributed by atoms with E-state index in [2.05, 4.69) is 24.1 Å². The Bertz CT molecular complexity index is 502. The van der Waals surface area contributed by atoms with Crippen molar-refractivity contribution in [3.8, 4) is 6.07 Å². The number of anilines is 2. The number of nitrogens with zero attached hydrogens (tertiary/aromatic N) is 2. The van der Waals surface area contributed by atoms with Crippen LogP contribution in [0.15, 0.2) is 0 Å². The maximum Gasteiger partial charge on any atom is 0.261 e. The van der Waals surface area contributed by atoms with Gasteiger partial charge in [-0.25, -0.2) is 0 Å². The summed E-state index contributed by atoms with van der Waals surface area (Å²) in [6.45, 7) is 8.03. The largest absolute Gasteiger partial charge is 0.396 e. The lowest BCUT2D eigenvalue weighted by atomic mass is 10.2. The fraction of sp³-hybridized carbons (Fsp3) is 0.538. The fourth-order valence-corrected chi connectivity index (χ4v) is 2.86. The van der Waals surface area contributed by atoms with Crippen molar-refractivity contribution in [3.05, 3.63) is 10.4 Å². The molecule has 0 aromatic carbocycles. The van der Waals surface area contributed by atoms with Crippen LogP contribution in [0.5, 0.6) is 0 Å². The number of hydrogen-bond acceptors (Lipinski definition) is 6. The summed E-state index contributed by atoms with van der Waals surface area (Å²) in [6, 6.07) is 2.02. The topological polar surface area (TPSA) is 108 Å². The Labute approximate surface area is 123 Å². The van der Waals surface area contributed by atoms with E-state index in [1.54, 1.807) is 0 Å². The third-order valence-electron chi connectivity index (χ3n) is 3.11. The van der Waals surface area contributed by atoms with Crippen LogP contribution in [0, 0.1) is 11.3 Å². The minimum absolute atomic E-state index is 0.177. The van der Waals surface area contributed by atoms with Gasteiger partial charge in [-0.1, -0.05) is 13.8 Å². The molecule has 6 nitrogen and oxygen atoms in total. The van der Waals surface area contributed by atoms with Gasteiger partial charge >= 0.3 is 0 Å². The smallest absolute Gasteiger partial charge is 0.261 e. The number of amides is 1. The molecule has 1 rings (SSSR count). The Kier molecular flexibility index (Phi) is 6.28. The van der Waals surface area contributed by atoms with Crippen LogP contribution in [0.2, 0.25) is 0 Å². The van der Waals surface area contributed by atoms with E-state index in [1.807, 2.05) is 6.07 Å². The SMILES string of the molecule is CCN(CC)CCCNc1sc(C(N)=O)c(N)c1C#N. The lowest BCUT2D eigenvalue weighted by molar-refractivity contribution is 0.100. The lowest BCUT2D eigenvalue weighted by Gasteiger charge is -2.17. The molecule has 0 aliphatic rings. The molecule has 0 fully saturated rings. The molecular weight excluding hydrogens is 274 g/mol. The van der Waals surface area contributed by atoms with Gasteiger partial charge in [-0.3, -0.25) is 4.79 Å². The van der Waals surface area contributed by atoms with Crippen LogP contribution in [-0.2, 0) is 0 Å². The van der Waals surface area contributed by atoms with Crippen LogP contribution in [-0.4, -0.2) is 37.0 Å². The molecule has 0 aliphatic carbocycles. The maximum atomic E-state index is 11.2. The Morgan fingerprint density at radius 2 is 2.10 bits per heavy atom. The van der Waals surface area contributed by atoms with E-state index in [4.69, 9.17) is 16.7 Å². The van der Waals surface area contributed by atoms with E-state index in [9.17, 15) is 4.79 Å². The number of carbonyl (C=O) groups is 1. The lowest BCUT2D eigenvalue weighted by Crippen LogP contribution is -2.25. The highest BCUT2D eigenvalue weighted by Gasteiger charge is 2.18. The summed E-state index contributed by atoms with van der Waals surface area (Å²) in [7, 11) is 0. The molecule has 0 spiro atoms. The summed E-state index contributed by atoms with van der Waals surface area (Å²) in [5.41, 5.74) is 11.5. The molecule has 1 aromatic rings. The zero-order chi connectivity index (χ0) is 15.1. The number of nitrogens with one attached hydrogen (secondary N) is 1. The van der Waals surface area contributed by atoms with E-state index >= 15 is 0 Å². The second kappa shape index (κ2) is 7.72. The Morgan fingerprint density at radius 3 is 2.60 bits per heavy atom. The van der Waals surface area contributed by atoms with E-state index in [-0.39, 0.29) is 10.6 Å². The number of nitrogens with two attached hydrogens (primary N) is 2. The molecule has 7 heteroatoms. The first kappa shape index (κ1) is 16.3. The highest BCUT2D eigenvalue weighted by molar-refractivity contribution is 7.18. The number of carbonyl (C=O) groups excluding carboxylic acids is 1. The molecule has 110 valence electrons. The van der Waals surface area contributed by atoms with Crippen molar-refractivity contribution in [2.24, 2.45) is 5.73 Å².